The summed E-state index contributed by atoms with van der Waals surface area (Å²) in [6, 6.07) is 0. The summed E-state index contributed by atoms with van der Waals surface area (Å²) in [5.41, 5.74) is -2.19. The predicted molar refractivity (Wildman–Crippen MR) is 135 cm³/mol. The molecule has 4 aliphatic carbocycles. The highest BCUT2D eigenvalue weighted by atomic mass is 16.5. The summed E-state index contributed by atoms with van der Waals surface area (Å²) in [6.07, 6.45) is 4.08. The Morgan fingerprint density at radius 2 is 1.83 bits per heavy atom. The van der Waals surface area contributed by atoms with Crippen LogP contribution in [0.4, 0.5) is 0 Å². The van der Waals surface area contributed by atoms with Crippen molar-refractivity contribution in [3.8, 4) is 0 Å². The lowest BCUT2D eigenvalue weighted by Crippen LogP contribution is -2.61. The Hall–Kier alpha value is -1.28. The van der Waals surface area contributed by atoms with Crippen LogP contribution >= 0.6 is 0 Å². The van der Waals surface area contributed by atoms with Crippen LogP contribution in [0.3, 0.4) is 0 Å². The first-order valence-corrected chi connectivity index (χ1v) is 13.8. The summed E-state index contributed by atoms with van der Waals surface area (Å²) in [5.74, 6) is -0.705. The number of carbonyl (C=O) groups excluding carboxylic acids is 2. The third-order valence-corrected chi connectivity index (χ3v) is 10.8. The molecule has 7 nitrogen and oxygen atoms in total. The molecule has 10 atom stereocenters. The first-order chi connectivity index (χ1) is 16.5. The molecular weight excluding hydrogens is 460 g/mol. The topological polar surface area (TPSA) is 124 Å². The quantitative estimate of drug-likeness (QED) is 0.408. The minimum Gasteiger partial charge on any atom is -0.462 e. The number of rotatable bonds is 6. The fourth-order valence-corrected chi connectivity index (χ4v) is 8.65. The van der Waals surface area contributed by atoms with Gasteiger partial charge in [0.25, 0.3) is 0 Å². The van der Waals surface area contributed by atoms with Crippen molar-refractivity contribution in [3.63, 3.8) is 0 Å². The fourth-order valence-electron chi connectivity index (χ4n) is 8.65. The number of aliphatic hydroxyl groups is 4. The Morgan fingerprint density at radius 3 is 2.44 bits per heavy atom. The van der Waals surface area contributed by atoms with Gasteiger partial charge in [-0.15, -0.1) is 0 Å². The Morgan fingerprint density at radius 1 is 1.17 bits per heavy atom. The van der Waals surface area contributed by atoms with Crippen LogP contribution in [-0.4, -0.2) is 61.7 Å². The van der Waals surface area contributed by atoms with E-state index in [2.05, 4.69) is 20.8 Å². The number of hydrogen-bond acceptors (Lipinski definition) is 7. The van der Waals surface area contributed by atoms with E-state index in [1.165, 1.54) is 6.92 Å². The Balaban J connectivity index is 1.65. The van der Waals surface area contributed by atoms with Crippen molar-refractivity contribution in [2.45, 2.75) is 122 Å². The third kappa shape index (κ3) is 4.38. The van der Waals surface area contributed by atoms with Gasteiger partial charge in [-0.05, 0) is 100 Å². The van der Waals surface area contributed by atoms with Crippen molar-refractivity contribution in [3.05, 3.63) is 11.6 Å². The molecule has 0 aromatic rings. The average Bonchev–Trinajstić information content (AvgIpc) is 3.03. The molecule has 3 fully saturated rings. The van der Waals surface area contributed by atoms with E-state index in [0.29, 0.717) is 25.7 Å². The summed E-state index contributed by atoms with van der Waals surface area (Å²) in [5, 5.41) is 43.4. The summed E-state index contributed by atoms with van der Waals surface area (Å²) >= 11 is 0. The van der Waals surface area contributed by atoms with E-state index in [1.807, 2.05) is 0 Å². The first kappa shape index (κ1) is 27.7. The number of hydrogen-bond donors (Lipinski definition) is 4. The number of esters is 1. The van der Waals surface area contributed by atoms with Gasteiger partial charge in [0.2, 0.25) is 0 Å². The summed E-state index contributed by atoms with van der Waals surface area (Å²) in [4.78, 5) is 25.3. The van der Waals surface area contributed by atoms with E-state index >= 15 is 0 Å². The maximum Gasteiger partial charge on any atom is 0.302 e. The zero-order valence-corrected chi connectivity index (χ0v) is 22.8. The Labute approximate surface area is 215 Å². The molecule has 0 spiro atoms. The van der Waals surface area contributed by atoms with E-state index in [9.17, 15) is 30.0 Å². The normalized spacial score (nSPS) is 44.1. The van der Waals surface area contributed by atoms with Gasteiger partial charge >= 0.3 is 5.97 Å². The maximum absolute atomic E-state index is 13.3. The molecule has 0 saturated heterocycles. The zero-order chi connectivity index (χ0) is 26.8. The van der Waals surface area contributed by atoms with E-state index in [0.717, 1.165) is 24.8 Å². The first-order valence-electron chi connectivity index (χ1n) is 13.8. The Kier molecular flexibility index (Phi) is 7.07. The molecule has 4 aliphatic rings. The van der Waals surface area contributed by atoms with Crippen molar-refractivity contribution in [1.29, 1.82) is 0 Å². The molecule has 36 heavy (non-hydrogen) atoms. The van der Waals surface area contributed by atoms with Crippen LogP contribution in [0.25, 0.3) is 0 Å². The number of ketones is 1. The molecule has 3 saturated carbocycles. The summed E-state index contributed by atoms with van der Waals surface area (Å²) in [7, 11) is 0. The predicted octanol–water partition coefficient (Wildman–Crippen LogP) is 3.31. The third-order valence-electron chi connectivity index (χ3n) is 10.8. The highest BCUT2D eigenvalue weighted by Crippen LogP contribution is 2.68. The monoisotopic (exact) mass is 506 g/mol. The van der Waals surface area contributed by atoms with Gasteiger partial charge in [-0.3, -0.25) is 9.59 Å². The number of ether oxygens (including phenoxy) is 1. The Bertz CT molecular complexity index is 921. The van der Waals surface area contributed by atoms with Gasteiger partial charge in [0.15, 0.2) is 5.78 Å². The van der Waals surface area contributed by atoms with E-state index < -0.39 is 34.2 Å². The molecule has 0 aliphatic heterocycles. The number of aliphatic hydroxyl groups excluding tert-OH is 2. The second kappa shape index (κ2) is 9.18. The molecule has 0 amide bonds. The lowest BCUT2D eigenvalue weighted by atomic mass is 9.46. The van der Waals surface area contributed by atoms with Gasteiger partial charge in [0.05, 0.1) is 23.4 Å². The molecule has 7 heteroatoms. The zero-order valence-electron chi connectivity index (χ0n) is 22.8. The minimum atomic E-state index is -1.14. The second-order valence-corrected chi connectivity index (χ2v) is 13.5. The fraction of sp³-hybridized carbons (Fsp3) is 0.862. The van der Waals surface area contributed by atoms with Gasteiger partial charge in [0.1, 0.15) is 6.10 Å². The van der Waals surface area contributed by atoms with Crippen molar-refractivity contribution >= 4 is 11.8 Å². The van der Waals surface area contributed by atoms with Crippen LogP contribution < -0.4 is 0 Å². The van der Waals surface area contributed by atoms with Crippen molar-refractivity contribution in [1.82, 2.24) is 0 Å². The van der Waals surface area contributed by atoms with Crippen molar-refractivity contribution in [2.24, 2.45) is 34.5 Å². The average molecular weight is 507 g/mol. The van der Waals surface area contributed by atoms with Gasteiger partial charge in [-0.25, -0.2) is 0 Å². The molecule has 0 aromatic carbocycles. The van der Waals surface area contributed by atoms with Crippen LogP contribution in [0.1, 0.15) is 92.9 Å². The molecule has 204 valence electrons. The van der Waals surface area contributed by atoms with Crippen molar-refractivity contribution < 1.29 is 34.8 Å². The molecule has 0 aromatic heterocycles. The molecule has 0 bridgehead atoms. The summed E-state index contributed by atoms with van der Waals surface area (Å²) in [6.45, 7) is 11.2. The van der Waals surface area contributed by atoms with Gasteiger partial charge in [-0.2, -0.15) is 0 Å². The van der Waals surface area contributed by atoms with Crippen LogP contribution in [0.2, 0.25) is 0 Å². The standard InChI is InChI=1S/C29H46O7/c1-16(25(36-17(2)30)9-10-26(3,4)34)18-8-12-29(35)20-13-22(31)21-14-23(32)24(33)15-27(21,5)19(20)7-11-28(18,29)6/h13,16,18-19,21,23-25,32-35H,7-12,14-15H2,1-6H3/t16-,18+,19-,21-,23+,24-,25+,27+,28+,29+/m0/s1. The van der Waals surface area contributed by atoms with Gasteiger partial charge < -0.3 is 25.2 Å². The molecule has 0 heterocycles. The van der Waals surface area contributed by atoms with E-state index in [1.54, 1.807) is 19.9 Å². The molecule has 4 rings (SSSR count). The largest absolute Gasteiger partial charge is 0.462 e. The number of allylic oxidation sites excluding steroid dienone is 1. The second-order valence-electron chi connectivity index (χ2n) is 13.5. The molecule has 4 N–H and O–H groups in total. The van der Waals surface area contributed by atoms with Crippen LogP contribution in [0, 0.1) is 34.5 Å². The molecule has 0 radical (unpaired) electrons. The maximum atomic E-state index is 13.3. The molecule has 0 unspecified atom stereocenters. The number of fused-ring (bicyclic) bond motifs is 5. The van der Waals surface area contributed by atoms with E-state index in [-0.39, 0.29) is 47.9 Å². The van der Waals surface area contributed by atoms with Crippen molar-refractivity contribution in [2.75, 3.05) is 0 Å². The highest BCUT2D eigenvalue weighted by molar-refractivity contribution is 5.95. The van der Waals surface area contributed by atoms with Gasteiger partial charge in [-0.1, -0.05) is 20.8 Å². The lowest BCUT2D eigenvalue weighted by Gasteiger charge is -2.60. The SMILES string of the molecule is CC(=O)O[C@H](CCC(C)(C)O)[C@@H](C)[C@H]1CC[C@@]2(O)C3=CC(=O)[C@@H]4C[C@@H](O)[C@@H](O)C[C@]4(C)[C@H]3CC[C@]12C. The van der Waals surface area contributed by atoms with Crippen LogP contribution in [0.5, 0.6) is 0 Å². The summed E-state index contributed by atoms with van der Waals surface area (Å²) < 4.78 is 5.76. The highest BCUT2D eigenvalue weighted by Gasteiger charge is 2.67. The minimum absolute atomic E-state index is 0.0195. The van der Waals surface area contributed by atoms with Crippen LogP contribution in [0.15, 0.2) is 11.6 Å². The van der Waals surface area contributed by atoms with Crippen LogP contribution in [-0.2, 0) is 14.3 Å². The van der Waals surface area contributed by atoms with Gasteiger partial charge in [0, 0.05) is 18.3 Å². The molecular formula is C29H46O7. The number of carbonyl (C=O) groups is 2. The lowest BCUT2D eigenvalue weighted by molar-refractivity contribution is -0.160. The van der Waals surface area contributed by atoms with E-state index in [4.69, 9.17) is 4.74 Å². The smallest absolute Gasteiger partial charge is 0.302 e.